The van der Waals surface area contributed by atoms with Crippen molar-refractivity contribution in [3.05, 3.63) is 77.9 Å². The predicted molar refractivity (Wildman–Crippen MR) is 144 cm³/mol. The first kappa shape index (κ1) is 29.4. The number of rotatable bonds is 10. The standard InChI is InChI=1S/C28H36N2O2.CH2O2/c1-6-9-22(7-2)27(31)25-14-12-23(13-15-25)24-16-18-26(19-17-24)30-28(32)29-21(5)11-8-10-20(3)4;2-1-3/h8,10-19,21-22H,6-7,9H2,1-5H3,(H2,29,30,32);1H,(H,2,3)/b11-8-;. The maximum absolute atomic E-state index is 12.7. The quantitative estimate of drug-likeness (QED) is 0.193. The van der Waals surface area contributed by atoms with Gasteiger partial charge in [-0.3, -0.25) is 9.59 Å². The first-order chi connectivity index (χ1) is 16.7. The SMILES string of the molecule is CCCC(CC)C(=O)c1ccc(-c2ccc(NC(=O)NC(C)/C=C\C=C(C)C)cc2)cc1.O=CO. The summed E-state index contributed by atoms with van der Waals surface area (Å²) in [5, 5.41) is 12.6. The number of amides is 2. The fourth-order valence-electron chi connectivity index (χ4n) is 3.51. The van der Waals surface area contributed by atoms with Crippen LogP contribution in [0, 0.1) is 5.92 Å². The molecule has 6 heteroatoms. The summed E-state index contributed by atoms with van der Waals surface area (Å²) < 4.78 is 0. The lowest BCUT2D eigenvalue weighted by atomic mass is 9.90. The van der Waals surface area contributed by atoms with Gasteiger partial charge >= 0.3 is 6.03 Å². The summed E-state index contributed by atoms with van der Waals surface area (Å²) in [4.78, 5) is 33.2. The van der Waals surface area contributed by atoms with Crippen molar-refractivity contribution in [1.82, 2.24) is 5.32 Å². The van der Waals surface area contributed by atoms with Crippen molar-refractivity contribution in [3.63, 3.8) is 0 Å². The molecule has 35 heavy (non-hydrogen) atoms. The molecule has 0 aromatic heterocycles. The van der Waals surface area contributed by atoms with Crippen LogP contribution in [0.25, 0.3) is 11.1 Å². The molecule has 0 aliphatic heterocycles. The second-order valence-electron chi connectivity index (χ2n) is 8.53. The van der Waals surface area contributed by atoms with E-state index in [4.69, 9.17) is 9.90 Å². The monoisotopic (exact) mass is 478 g/mol. The molecule has 0 spiro atoms. The number of benzene rings is 2. The number of hydrogen-bond acceptors (Lipinski definition) is 3. The molecule has 6 nitrogen and oxygen atoms in total. The number of allylic oxidation sites excluding steroid dienone is 3. The topological polar surface area (TPSA) is 95.5 Å². The number of urea groups is 1. The third-order valence-electron chi connectivity index (χ3n) is 5.33. The van der Waals surface area contributed by atoms with E-state index in [0.29, 0.717) is 0 Å². The molecule has 0 saturated heterocycles. The zero-order valence-electron chi connectivity index (χ0n) is 21.4. The number of ketones is 1. The lowest BCUT2D eigenvalue weighted by Crippen LogP contribution is -2.34. The summed E-state index contributed by atoms with van der Waals surface area (Å²) in [6, 6.07) is 15.2. The summed E-state index contributed by atoms with van der Waals surface area (Å²) in [5.74, 6) is 0.337. The van der Waals surface area contributed by atoms with Crippen molar-refractivity contribution in [3.8, 4) is 11.1 Å². The number of carbonyl (C=O) groups is 3. The van der Waals surface area contributed by atoms with Gasteiger partial charge in [0, 0.05) is 23.2 Å². The molecule has 0 aliphatic rings. The fraction of sp³-hybridized carbons (Fsp3) is 0.345. The third-order valence-corrected chi connectivity index (χ3v) is 5.33. The molecule has 2 amide bonds. The van der Waals surface area contributed by atoms with Gasteiger partial charge in [-0.2, -0.15) is 0 Å². The highest BCUT2D eigenvalue weighted by atomic mass is 16.3. The van der Waals surface area contributed by atoms with Crippen LogP contribution in [0.15, 0.2) is 72.3 Å². The molecule has 188 valence electrons. The smallest absolute Gasteiger partial charge is 0.319 e. The van der Waals surface area contributed by atoms with Crippen molar-refractivity contribution in [2.45, 2.75) is 59.9 Å². The molecule has 2 atom stereocenters. The molecule has 0 heterocycles. The summed E-state index contributed by atoms with van der Waals surface area (Å²) in [6.45, 7) is 9.93. The van der Waals surface area contributed by atoms with Crippen molar-refractivity contribution in [1.29, 1.82) is 0 Å². The average molecular weight is 479 g/mol. The van der Waals surface area contributed by atoms with Gasteiger partial charge in [0.1, 0.15) is 0 Å². The Labute approximate surface area is 209 Å². The minimum Gasteiger partial charge on any atom is -0.483 e. The number of nitrogens with one attached hydrogen (secondary N) is 2. The minimum atomic E-state index is -0.250. The van der Waals surface area contributed by atoms with Crippen molar-refractivity contribution < 1.29 is 19.5 Å². The molecule has 0 aliphatic carbocycles. The van der Waals surface area contributed by atoms with E-state index in [1.165, 1.54) is 5.57 Å². The van der Waals surface area contributed by atoms with E-state index in [9.17, 15) is 9.59 Å². The van der Waals surface area contributed by atoms with Gasteiger partial charge in [0.25, 0.3) is 6.47 Å². The van der Waals surface area contributed by atoms with Gasteiger partial charge in [-0.25, -0.2) is 4.79 Å². The Morgan fingerprint density at radius 1 is 0.971 bits per heavy atom. The van der Waals surface area contributed by atoms with Gasteiger partial charge in [0.2, 0.25) is 0 Å². The summed E-state index contributed by atoms with van der Waals surface area (Å²) in [7, 11) is 0. The largest absolute Gasteiger partial charge is 0.483 e. The lowest BCUT2D eigenvalue weighted by Gasteiger charge is -2.13. The van der Waals surface area contributed by atoms with Gasteiger partial charge in [-0.05, 0) is 56.9 Å². The molecule has 0 bridgehead atoms. The van der Waals surface area contributed by atoms with Crippen LogP contribution in [0.3, 0.4) is 0 Å². The van der Waals surface area contributed by atoms with Crippen LogP contribution in [0.1, 0.15) is 64.2 Å². The summed E-state index contributed by atoms with van der Waals surface area (Å²) in [6.07, 6.45) is 8.72. The number of carboxylic acid groups (broad SMARTS) is 1. The molecule has 2 rings (SSSR count). The van der Waals surface area contributed by atoms with E-state index >= 15 is 0 Å². The van der Waals surface area contributed by atoms with E-state index in [2.05, 4.69) is 24.5 Å². The van der Waals surface area contributed by atoms with Crippen LogP contribution in [0.2, 0.25) is 0 Å². The highest BCUT2D eigenvalue weighted by Crippen LogP contribution is 2.24. The van der Waals surface area contributed by atoms with Crippen LogP contribution in [0.4, 0.5) is 10.5 Å². The van der Waals surface area contributed by atoms with Gasteiger partial charge in [0.15, 0.2) is 5.78 Å². The van der Waals surface area contributed by atoms with Crippen molar-refractivity contribution in [2.24, 2.45) is 5.92 Å². The zero-order chi connectivity index (χ0) is 26.2. The van der Waals surface area contributed by atoms with Crippen LogP contribution >= 0.6 is 0 Å². The van der Waals surface area contributed by atoms with Crippen molar-refractivity contribution in [2.75, 3.05) is 5.32 Å². The molecular formula is C29H38N2O4. The Bertz CT molecular complexity index is 988. The molecule has 0 radical (unpaired) electrons. The van der Waals surface area contributed by atoms with Crippen LogP contribution in [-0.2, 0) is 4.79 Å². The Balaban J connectivity index is 0.00000194. The lowest BCUT2D eigenvalue weighted by molar-refractivity contribution is -0.122. The number of Topliss-reactive ketones (excluding diaryl/α,β-unsaturated/α-hetero) is 1. The maximum Gasteiger partial charge on any atom is 0.319 e. The normalized spacial score (nSPS) is 12.0. The fourth-order valence-corrected chi connectivity index (χ4v) is 3.51. The van der Waals surface area contributed by atoms with Gasteiger partial charge in [0.05, 0.1) is 0 Å². The molecule has 0 fully saturated rings. The zero-order valence-corrected chi connectivity index (χ0v) is 21.4. The number of carbonyl (C=O) groups excluding carboxylic acids is 2. The molecule has 3 N–H and O–H groups in total. The second kappa shape index (κ2) is 16.0. The minimum absolute atomic E-state index is 0.0734. The Hall–Kier alpha value is -3.67. The summed E-state index contributed by atoms with van der Waals surface area (Å²) >= 11 is 0. The van der Waals surface area contributed by atoms with Gasteiger partial charge < -0.3 is 15.7 Å². The van der Waals surface area contributed by atoms with Crippen LogP contribution in [-0.4, -0.2) is 29.4 Å². The summed E-state index contributed by atoms with van der Waals surface area (Å²) in [5.41, 5.74) is 4.79. The first-order valence-electron chi connectivity index (χ1n) is 12.0. The van der Waals surface area contributed by atoms with E-state index in [-0.39, 0.29) is 30.2 Å². The van der Waals surface area contributed by atoms with E-state index < -0.39 is 0 Å². The first-order valence-corrected chi connectivity index (χ1v) is 12.0. The number of anilines is 1. The molecule has 2 aromatic rings. The highest BCUT2D eigenvalue weighted by molar-refractivity contribution is 5.98. The van der Waals surface area contributed by atoms with E-state index in [0.717, 1.165) is 41.6 Å². The van der Waals surface area contributed by atoms with Crippen LogP contribution < -0.4 is 10.6 Å². The second-order valence-corrected chi connectivity index (χ2v) is 8.53. The van der Waals surface area contributed by atoms with Gasteiger partial charge in [-0.1, -0.05) is 80.5 Å². The average Bonchev–Trinajstić information content (AvgIpc) is 2.83. The highest BCUT2D eigenvalue weighted by Gasteiger charge is 2.17. The van der Waals surface area contributed by atoms with E-state index in [1.54, 1.807) is 0 Å². The molecular weight excluding hydrogens is 440 g/mol. The van der Waals surface area contributed by atoms with Crippen molar-refractivity contribution >= 4 is 24.0 Å². The van der Waals surface area contributed by atoms with E-state index in [1.807, 2.05) is 87.5 Å². The van der Waals surface area contributed by atoms with Crippen LogP contribution in [0.5, 0.6) is 0 Å². The molecule has 0 saturated carbocycles. The Morgan fingerprint density at radius 2 is 1.51 bits per heavy atom. The predicted octanol–water partition coefficient (Wildman–Crippen LogP) is 7.10. The molecule has 2 aromatic carbocycles. The third kappa shape index (κ3) is 10.9. The maximum atomic E-state index is 12.7. The Kier molecular flexibility index (Phi) is 13.5. The van der Waals surface area contributed by atoms with Gasteiger partial charge in [-0.15, -0.1) is 0 Å². The Morgan fingerprint density at radius 3 is 2.00 bits per heavy atom. The number of hydrogen-bond donors (Lipinski definition) is 3. The molecule has 2 unspecified atom stereocenters.